The lowest BCUT2D eigenvalue weighted by Gasteiger charge is -2.19. The Morgan fingerprint density at radius 3 is 2.79 bits per heavy atom. The number of rotatable bonds is 9. The molecule has 1 aliphatic carbocycles. The van der Waals surface area contributed by atoms with Gasteiger partial charge in [0.15, 0.2) is 11.5 Å². The minimum absolute atomic E-state index is 0.0415. The summed E-state index contributed by atoms with van der Waals surface area (Å²) in [5.41, 5.74) is 1.06. The molecule has 1 aromatic heterocycles. The van der Waals surface area contributed by atoms with Gasteiger partial charge in [0.25, 0.3) is 0 Å². The van der Waals surface area contributed by atoms with Crippen LogP contribution in [0.3, 0.4) is 0 Å². The van der Waals surface area contributed by atoms with Gasteiger partial charge in [0.1, 0.15) is 5.82 Å². The molecule has 1 aliphatic rings. The van der Waals surface area contributed by atoms with Crippen LogP contribution in [-0.4, -0.2) is 47.9 Å². The molecule has 0 bridgehead atoms. The fourth-order valence-electron chi connectivity index (χ4n) is 3.73. The SMILES string of the molecule is CCOc1ccc(CN(C)CC(=O)Nc2ccnn2C2CCCC2)cc1OC. The molecule has 1 heterocycles. The van der Waals surface area contributed by atoms with Gasteiger partial charge in [-0.3, -0.25) is 9.69 Å². The summed E-state index contributed by atoms with van der Waals surface area (Å²) in [4.78, 5) is 14.5. The zero-order valence-corrected chi connectivity index (χ0v) is 17.0. The van der Waals surface area contributed by atoms with Crippen molar-refractivity contribution in [2.24, 2.45) is 0 Å². The van der Waals surface area contributed by atoms with Crippen molar-refractivity contribution >= 4 is 11.7 Å². The van der Waals surface area contributed by atoms with Crippen LogP contribution in [-0.2, 0) is 11.3 Å². The van der Waals surface area contributed by atoms with Crippen LogP contribution < -0.4 is 14.8 Å². The molecule has 3 rings (SSSR count). The highest BCUT2D eigenvalue weighted by Gasteiger charge is 2.20. The monoisotopic (exact) mass is 386 g/mol. The van der Waals surface area contributed by atoms with Crippen LogP contribution in [0, 0.1) is 0 Å². The normalized spacial score (nSPS) is 14.4. The topological polar surface area (TPSA) is 68.6 Å². The Morgan fingerprint density at radius 1 is 1.29 bits per heavy atom. The van der Waals surface area contributed by atoms with E-state index in [0.29, 0.717) is 31.5 Å². The Bertz CT molecular complexity index is 784. The largest absolute Gasteiger partial charge is 0.493 e. The van der Waals surface area contributed by atoms with Gasteiger partial charge in [-0.2, -0.15) is 5.10 Å². The van der Waals surface area contributed by atoms with E-state index in [1.807, 2.05) is 47.8 Å². The van der Waals surface area contributed by atoms with Crippen molar-refractivity contribution in [3.63, 3.8) is 0 Å². The minimum Gasteiger partial charge on any atom is -0.493 e. The quantitative estimate of drug-likeness (QED) is 0.715. The first-order valence-corrected chi connectivity index (χ1v) is 9.92. The number of anilines is 1. The summed E-state index contributed by atoms with van der Waals surface area (Å²) in [5.74, 6) is 2.18. The summed E-state index contributed by atoms with van der Waals surface area (Å²) in [6.07, 6.45) is 6.47. The van der Waals surface area contributed by atoms with E-state index in [1.54, 1.807) is 13.3 Å². The molecule has 0 aliphatic heterocycles. The Labute approximate surface area is 166 Å². The minimum atomic E-state index is -0.0415. The highest BCUT2D eigenvalue weighted by atomic mass is 16.5. The van der Waals surface area contributed by atoms with Crippen LogP contribution >= 0.6 is 0 Å². The van der Waals surface area contributed by atoms with Gasteiger partial charge in [-0.05, 0) is 44.5 Å². The van der Waals surface area contributed by atoms with Crippen molar-refractivity contribution in [1.29, 1.82) is 0 Å². The van der Waals surface area contributed by atoms with E-state index in [4.69, 9.17) is 9.47 Å². The number of nitrogens with zero attached hydrogens (tertiary/aromatic N) is 3. The van der Waals surface area contributed by atoms with Gasteiger partial charge < -0.3 is 14.8 Å². The molecule has 2 aromatic rings. The molecule has 1 fully saturated rings. The molecule has 0 unspecified atom stereocenters. The maximum absolute atomic E-state index is 12.5. The maximum Gasteiger partial charge on any atom is 0.239 e. The first-order chi connectivity index (χ1) is 13.6. The molecule has 1 aromatic carbocycles. The smallest absolute Gasteiger partial charge is 0.239 e. The molecule has 1 amide bonds. The van der Waals surface area contributed by atoms with Crippen LogP contribution in [0.25, 0.3) is 0 Å². The predicted molar refractivity (Wildman–Crippen MR) is 109 cm³/mol. The first kappa shape index (κ1) is 20.2. The van der Waals surface area contributed by atoms with E-state index in [1.165, 1.54) is 12.8 Å². The van der Waals surface area contributed by atoms with Crippen molar-refractivity contribution in [2.45, 2.75) is 45.2 Å². The maximum atomic E-state index is 12.5. The molecule has 28 heavy (non-hydrogen) atoms. The fraction of sp³-hybridized carbons (Fsp3) is 0.524. The summed E-state index contributed by atoms with van der Waals surface area (Å²) in [6.45, 7) is 3.47. The number of hydrogen-bond acceptors (Lipinski definition) is 5. The second-order valence-electron chi connectivity index (χ2n) is 7.24. The van der Waals surface area contributed by atoms with E-state index in [9.17, 15) is 4.79 Å². The number of benzene rings is 1. The Balaban J connectivity index is 1.55. The number of amides is 1. The molecule has 0 spiro atoms. The zero-order chi connectivity index (χ0) is 19.9. The third kappa shape index (κ3) is 5.04. The molecule has 0 atom stereocenters. The fourth-order valence-corrected chi connectivity index (χ4v) is 3.73. The average Bonchev–Trinajstić information content (AvgIpc) is 3.34. The van der Waals surface area contributed by atoms with Crippen molar-refractivity contribution < 1.29 is 14.3 Å². The number of ether oxygens (including phenoxy) is 2. The molecule has 7 nitrogen and oxygen atoms in total. The molecule has 0 saturated heterocycles. The van der Waals surface area contributed by atoms with Crippen molar-refractivity contribution in [3.8, 4) is 11.5 Å². The van der Waals surface area contributed by atoms with E-state index in [-0.39, 0.29) is 5.91 Å². The molecule has 1 saturated carbocycles. The highest BCUT2D eigenvalue weighted by Crippen LogP contribution is 2.31. The van der Waals surface area contributed by atoms with Crippen LogP contribution in [0.2, 0.25) is 0 Å². The number of hydrogen-bond donors (Lipinski definition) is 1. The number of nitrogens with one attached hydrogen (secondary N) is 1. The number of carbonyl (C=O) groups excluding carboxylic acids is 1. The standard InChI is InChI=1S/C21H30N4O3/c1-4-28-18-10-9-16(13-19(18)27-3)14-24(2)15-21(26)23-20-11-12-22-25(20)17-7-5-6-8-17/h9-13,17H,4-8,14-15H2,1-3H3,(H,23,26). The third-order valence-corrected chi connectivity index (χ3v) is 5.00. The highest BCUT2D eigenvalue weighted by molar-refractivity contribution is 5.91. The summed E-state index contributed by atoms with van der Waals surface area (Å²) < 4.78 is 12.9. The number of likely N-dealkylation sites (N-methyl/N-ethyl adjacent to an activating group) is 1. The van der Waals surface area contributed by atoms with Gasteiger partial charge in [-0.15, -0.1) is 0 Å². The van der Waals surface area contributed by atoms with Crippen LogP contribution in [0.5, 0.6) is 11.5 Å². The summed E-state index contributed by atoms with van der Waals surface area (Å²) in [5, 5.41) is 7.41. The van der Waals surface area contributed by atoms with Gasteiger partial charge in [0.2, 0.25) is 5.91 Å². The Morgan fingerprint density at radius 2 is 2.07 bits per heavy atom. The van der Waals surface area contributed by atoms with Gasteiger partial charge in [0.05, 0.1) is 32.5 Å². The number of aromatic nitrogens is 2. The van der Waals surface area contributed by atoms with Crippen LogP contribution in [0.4, 0.5) is 5.82 Å². The van der Waals surface area contributed by atoms with Gasteiger partial charge >= 0.3 is 0 Å². The third-order valence-electron chi connectivity index (χ3n) is 5.00. The predicted octanol–water partition coefficient (Wildman–Crippen LogP) is 3.48. The van der Waals surface area contributed by atoms with Gasteiger partial charge in [-0.25, -0.2) is 4.68 Å². The summed E-state index contributed by atoms with van der Waals surface area (Å²) >= 11 is 0. The summed E-state index contributed by atoms with van der Waals surface area (Å²) in [6, 6.07) is 8.13. The number of carbonyl (C=O) groups is 1. The first-order valence-electron chi connectivity index (χ1n) is 9.92. The number of methoxy groups -OCH3 is 1. The van der Waals surface area contributed by atoms with Crippen molar-refractivity contribution in [1.82, 2.24) is 14.7 Å². The van der Waals surface area contributed by atoms with Gasteiger partial charge in [0, 0.05) is 12.6 Å². The Hall–Kier alpha value is -2.54. The van der Waals surface area contributed by atoms with Crippen molar-refractivity contribution in [3.05, 3.63) is 36.0 Å². The van der Waals surface area contributed by atoms with Crippen LogP contribution in [0.1, 0.15) is 44.2 Å². The molecular weight excluding hydrogens is 356 g/mol. The van der Waals surface area contributed by atoms with Gasteiger partial charge in [-0.1, -0.05) is 18.9 Å². The van der Waals surface area contributed by atoms with E-state index in [0.717, 1.165) is 30.0 Å². The van der Waals surface area contributed by atoms with E-state index in [2.05, 4.69) is 10.4 Å². The van der Waals surface area contributed by atoms with E-state index >= 15 is 0 Å². The molecular formula is C21H30N4O3. The van der Waals surface area contributed by atoms with Crippen molar-refractivity contribution in [2.75, 3.05) is 32.6 Å². The second-order valence-corrected chi connectivity index (χ2v) is 7.24. The van der Waals surface area contributed by atoms with Crippen LogP contribution in [0.15, 0.2) is 30.5 Å². The molecule has 152 valence electrons. The lowest BCUT2D eigenvalue weighted by molar-refractivity contribution is -0.117. The second kappa shape index (κ2) is 9.59. The summed E-state index contributed by atoms with van der Waals surface area (Å²) in [7, 11) is 3.56. The molecule has 0 radical (unpaired) electrons. The van der Waals surface area contributed by atoms with E-state index < -0.39 is 0 Å². The average molecular weight is 386 g/mol. The zero-order valence-electron chi connectivity index (χ0n) is 17.0. The molecule has 7 heteroatoms. The lowest BCUT2D eigenvalue weighted by Crippen LogP contribution is -2.30. The Kier molecular flexibility index (Phi) is 6.92. The molecule has 1 N–H and O–H groups in total. The lowest BCUT2D eigenvalue weighted by atomic mass is 10.2.